The molecule has 0 aromatic carbocycles. The highest BCUT2D eigenvalue weighted by Gasteiger charge is 2.25. The van der Waals surface area contributed by atoms with Crippen LogP contribution in [0.5, 0.6) is 0 Å². The standard InChI is InChI=1S/C15H25N3/c1-3-5-10-18-11-6-7-14(18)13-8-9-15(16-4-2)17-12-13/h8-9,12,14H,3-7,10-11H2,1-2H3,(H,16,17)/t14-/m0/s1. The highest BCUT2D eigenvalue weighted by molar-refractivity contribution is 5.36. The molecule has 2 heterocycles. The predicted octanol–water partition coefficient (Wildman–Crippen LogP) is 3.45. The van der Waals surface area contributed by atoms with Gasteiger partial charge in [-0.3, -0.25) is 4.90 Å². The SMILES string of the molecule is CCCCN1CCC[C@H]1c1ccc(NCC)nc1. The van der Waals surface area contributed by atoms with Crippen LogP contribution in [0, 0.1) is 0 Å². The Morgan fingerprint density at radius 3 is 2.94 bits per heavy atom. The van der Waals surface area contributed by atoms with Crippen LogP contribution in [0.25, 0.3) is 0 Å². The molecule has 1 aliphatic rings. The molecule has 1 N–H and O–H groups in total. The lowest BCUT2D eigenvalue weighted by molar-refractivity contribution is 0.253. The summed E-state index contributed by atoms with van der Waals surface area (Å²) in [4.78, 5) is 7.11. The van der Waals surface area contributed by atoms with Crippen molar-refractivity contribution in [1.82, 2.24) is 9.88 Å². The second-order valence-electron chi connectivity index (χ2n) is 5.05. The van der Waals surface area contributed by atoms with E-state index in [0.717, 1.165) is 12.4 Å². The average molecular weight is 247 g/mol. The van der Waals surface area contributed by atoms with Gasteiger partial charge in [-0.1, -0.05) is 19.4 Å². The van der Waals surface area contributed by atoms with Gasteiger partial charge in [0.25, 0.3) is 0 Å². The number of nitrogens with zero attached hydrogens (tertiary/aromatic N) is 2. The fraction of sp³-hybridized carbons (Fsp3) is 0.667. The molecule has 0 radical (unpaired) electrons. The summed E-state index contributed by atoms with van der Waals surface area (Å²) in [6.45, 7) is 7.77. The summed E-state index contributed by atoms with van der Waals surface area (Å²) in [5, 5.41) is 3.25. The summed E-state index contributed by atoms with van der Waals surface area (Å²) in [6, 6.07) is 4.94. The van der Waals surface area contributed by atoms with Gasteiger partial charge in [0.15, 0.2) is 0 Å². The van der Waals surface area contributed by atoms with Gasteiger partial charge in [-0.2, -0.15) is 0 Å². The molecule has 1 atom stereocenters. The molecule has 1 aromatic rings. The van der Waals surface area contributed by atoms with Crippen molar-refractivity contribution in [1.29, 1.82) is 0 Å². The number of pyridine rings is 1. The lowest BCUT2D eigenvalue weighted by Crippen LogP contribution is -2.24. The number of anilines is 1. The minimum atomic E-state index is 0.597. The molecule has 100 valence electrons. The van der Waals surface area contributed by atoms with Crippen LogP contribution in [-0.4, -0.2) is 29.5 Å². The quantitative estimate of drug-likeness (QED) is 0.834. The van der Waals surface area contributed by atoms with Crippen molar-refractivity contribution in [3.63, 3.8) is 0 Å². The normalized spacial score (nSPS) is 20.2. The van der Waals surface area contributed by atoms with Gasteiger partial charge < -0.3 is 5.32 Å². The second-order valence-corrected chi connectivity index (χ2v) is 5.05. The third-order valence-corrected chi connectivity index (χ3v) is 3.69. The summed E-state index contributed by atoms with van der Waals surface area (Å²) < 4.78 is 0. The summed E-state index contributed by atoms with van der Waals surface area (Å²) in [6.07, 6.45) is 7.24. The van der Waals surface area contributed by atoms with Crippen LogP contribution in [0.1, 0.15) is 51.1 Å². The van der Waals surface area contributed by atoms with Gasteiger partial charge in [-0.05, 0) is 50.9 Å². The number of hydrogen-bond donors (Lipinski definition) is 1. The molecule has 0 saturated carbocycles. The van der Waals surface area contributed by atoms with E-state index in [2.05, 4.69) is 41.2 Å². The molecule has 3 nitrogen and oxygen atoms in total. The molecule has 18 heavy (non-hydrogen) atoms. The Bertz CT molecular complexity index is 347. The van der Waals surface area contributed by atoms with Gasteiger partial charge in [0.2, 0.25) is 0 Å². The molecule has 2 rings (SSSR count). The molecule has 0 spiro atoms. The average Bonchev–Trinajstić information content (AvgIpc) is 2.86. The zero-order valence-corrected chi connectivity index (χ0v) is 11.7. The minimum absolute atomic E-state index is 0.597. The minimum Gasteiger partial charge on any atom is -0.370 e. The van der Waals surface area contributed by atoms with E-state index in [1.807, 2.05) is 6.20 Å². The van der Waals surface area contributed by atoms with Crippen LogP contribution >= 0.6 is 0 Å². The molecule has 1 aliphatic heterocycles. The molecule has 0 bridgehead atoms. The van der Waals surface area contributed by atoms with E-state index < -0.39 is 0 Å². The number of likely N-dealkylation sites (tertiary alicyclic amines) is 1. The van der Waals surface area contributed by atoms with Crippen LogP contribution < -0.4 is 5.32 Å². The van der Waals surface area contributed by atoms with Crippen LogP contribution in [0.4, 0.5) is 5.82 Å². The number of hydrogen-bond acceptors (Lipinski definition) is 3. The van der Waals surface area contributed by atoms with E-state index in [9.17, 15) is 0 Å². The van der Waals surface area contributed by atoms with Crippen molar-refractivity contribution in [2.24, 2.45) is 0 Å². The number of unbranched alkanes of at least 4 members (excludes halogenated alkanes) is 1. The molecule has 1 saturated heterocycles. The fourth-order valence-corrected chi connectivity index (χ4v) is 2.72. The van der Waals surface area contributed by atoms with Crippen LogP contribution in [0.3, 0.4) is 0 Å². The highest BCUT2D eigenvalue weighted by Crippen LogP contribution is 2.31. The fourth-order valence-electron chi connectivity index (χ4n) is 2.72. The van der Waals surface area contributed by atoms with Crippen LogP contribution in [0.2, 0.25) is 0 Å². The summed E-state index contributed by atoms with van der Waals surface area (Å²) in [5.41, 5.74) is 1.38. The Morgan fingerprint density at radius 1 is 1.39 bits per heavy atom. The third kappa shape index (κ3) is 3.22. The van der Waals surface area contributed by atoms with E-state index in [4.69, 9.17) is 0 Å². The molecule has 1 fully saturated rings. The smallest absolute Gasteiger partial charge is 0.125 e. The summed E-state index contributed by atoms with van der Waals surface area (Å²) >= 11 is 0. The van der Waals surface area contributed by atoms with Gasteiger partial charge in [0, 0.05) is 18.8 Å². The first kappa shape index (κ1) is 13.3. The van der Waals surface area contributed by atoms with E-state index in [1.54, 1.807) is 0 Å². The molecule has 1 aromatic heterocycles. The van der Waals surface area contributed by atoms with E-state index in [-0.39, 0.29) is 0 Å². The van der Waals surface area contributed by atoms with Crippen molar-refractivity contribution in [3.8, 4) is 0 Å². The molecular formula is C15H25N3. The van der Waals surface area contributed by atoms with Gasteiger partial charge in [-0.25, -0.2) is 4.98 Å². The summed E-state index contributed by atoms with van der Waals surface area (Å²) in [7, 11) is 0. The van der Waals surface area contributed by atoms with Crippen LogP contribution in [-0.2, 0) is 0 Å². The second kappa shape index (κ2) is 6.74. The Hall–Kier alpha value is -1.09. The molecule has 0 amide bonds. The van der Waals surface area contributed by atoms with Crippen molar-refractivity contribution in [2.45, 2.75) is 45.6 Å². The molecular weight excluding hydrogens is 222 g/mol. The largest absolute Gasteiger partial charge is 0.370 e. The van der Waals surface area contributed by atoms with Gasteiger partial charge in [0.1, 0.15) is 5.82 Å². The zero-order chi connectivity index (χ0) is 12.8. The van der Waals surface area contributed by atoms with E-state index in [1.165, 1.54) is 44.3 Å². The Balaban J connectivity index is 2.00. The van der Waals surface area contributed by atoms with E-state index >= 15 is 0 Å². The van der Waals surface area contributed by atoms with Crippen molar-refractivity contribution < 1.29 is 0 Å². The topological polar surface area (TPSA) is 28.2 Å². The lowest BCUT2D eigenvalue weighted by atomic mass is 10.1. The predicted molar refractivity (Wildman–Crippen MR) is 76.9 cm³/mol. The third-order valence-electron chi connectivity index (χ3n) is 3.69. The van der Waals surface area contributed by atoms with E-state index in [0.29, 0.717) is 6.04 Å². The summed E-state index contributed by atoms with van der Waals surface area (Å²) in [5.74, 6) is 0.986. The monoisotopic (exact) mass is 247 g/mol. The maximum absolute atomic E-state index is 4.49. The number of rotatable bonds is 6. The Kier molecular flexibility index (Phi) is 5.00. The van der Waals surface area contributed by atoms with Crippen molar-refractivity contribution in [3.05, 3.63) is 23.9 Å². The molecule has 3 heteroatoms. The van der Waals surface area contributed by atoms with Gasteiger partial charge in [0.05, 0.1) is 0 Å². The first-order valence-electron chi connectivity index (χ1n) is 7.29. The highest BCUT2D eigenvalue weighted by atomic mass is 15.2. The number of aromatic nitrogens is 1. The first-order valence-corrected chi connectivity index (χ1v) is 7.29. The van der Waals surface area contributed by atoms with Gasteiger partial charge >= 0.3 is 0 Å². The zero-order valence-electron chi connectivity index (χ0n) is 11.7. The lowest BCUT2D eigenvalue weighted by Gasteiger charge is -2.24. The number of nitrogens with one attached hydrogen (secondary N) is 1. The molecule has 0 unspecified atom stereocenters. The maximum atomic E-state index is 4.49. The van der Waals surface area contributed by atoms with Crippen molar-refractivity contribution >= 4 is 5.82 Å². The van der Waals surface area contributed by atoms with Gasteiger partial charge in [-0.15, -0.1) is 0 Å². The van der Waals surface area contributed by atoms with Crippen LogP contribution in [0.15, 0.2) is 18.3 Å². The first-order chi connectivity index (χ1) is 8.85. The van der Waals surface area contributed by atoms with Crippen molar-refractivity contribution in [2.75, 3.05) is 25.0 Å². The Morgan fingerprint density at radius 2 is 2.28 bits per heavy atom. The molecule has 0 aliphatic carbocycles. The maximum Gasteiger partial charge on any atom is 0.125 e. The Labute approximate surface area is 111 Å².